The molecule has 104 valence electrons. The monoisotopic (exact) mass is 254 g/mol. The molecule has 4 heteroatoms. The number of hydrogen-bond donors (Lipinski definition) is 2. The van der Waals surface area contributed by atoms with Crippen molar-refractivity contribution < 1.29 is 9.53 Å². The molecule has 0 spiro atoms. The first-order chi connectivity index (χ1) is 8.79. The maximum Gasteiger partial charge on any atom is 0.246 e. The van der Waals surface area contributed by atoms with Crippen LogP contribution in [0.5, 0.6) is 0 Å². The van der Waals surface area contributed by atoms with Crippen molar-refractivity contribution in [3.8, 4) is 0 Å². The van der Waals surface area contributed by atoms with Gasteiger partial charge in [0.2, 0.25) is 5.91 Å². The number of nitrogens with two attached hydrogens (primary N) is 1. The van der Waals surface area contributed by atoms with Crippen molar-refractivity contribution in [3.63, 3.8) is 0 Å². The van der Waals surface area contributed by atoms with Gasteiger partial charge in [0.1, 0.15) is 6.61 Å². The molecule has 0 aromatic carbocycles. The Hall–Kier alpha value is -0.610. The Labute approximate surface area is 110 Å². The number of carbonyl (C=O) groups is 1. The van der Waals surface area contributed by atoms with E-state index in [2.05, 4.69) is 5.32 Å². The summed E-state index contributed by atoms with van der Waals surface area (Å²) in [5.74, 6) is 0.497. The molecule has 4 nitrogen and oxygen atoms in total. The molecule has 2 aliphatic rings. The van der Waals surface area contributed by atoms with Crippen molar-refractivity contribution >= 4 is 5.91 Å². The summed E-state index contributed by atoms with van der Waals surface area (Å²) in [5.41, 5.74) is 5.70. The third-order valence-electron chi connectivity index (χ3n) is 4.29. The smallest absolute Gasteiger partial charge is 0.246 e. The average Bonchev–Trinajstić information content (AvgIpc) is 2.85. The summed E-state index contributed by atoms with van der Waals surface area (Å²) in [6, 6.07) is 0.378. The maximum atomic E-state index is 11.8. The number of nitrogens with one attached hydrogen (secondary N) is 1. The first-order valence-corrected chi connectivity index (χ1v) is 7.40. The fourth-order valence-electron chi connectivity index (χ4n) is 3.19. The summed E-state index contributed by atoms with van der Waals surface area (Å²) >= 11 is 0. The Morgan fingerprint density at radius 3 is 2.61 bits per heavy atom. The van der Waals surface area contributed by atoms with Gasteiger partial charge in [-0.2, -0.15) is 0 Å². The van der Waals surface area contributed by atoms with Crippen molar-refractivity contribution in [3.05, 3.63) is 0 Å². The fourth-order valence-corrected chi connectivity index (χ4v) is 3.19. The SMILES string of the molecule is NCC1CCCC1OCC(=O)NC1CCCCC1. The molecule has 2 atom stereocenters. The number of ether oxygens (including phenoxy) is 1. The van der Waals surface area contributed by atoms with Crippen LogP contribution in [-0.4, -0.2) is 31.2 Å². The highest BCUT2D eigenvalue weighted by Gasteiger charge is 2.27. The molecule has 2 rings (SSSR count). The van der Waals surface area contributed by atoms with Crippen LogP contribution in [0, 0.1) is 5.92 Å². The van der Waals surface area contributed by atoms with Gasteiger partial charge in [-0.25, -0.2) is 0 Å². The molecule has 18 heavy (non-hydrogen) atoms. The molecule has 0 heterocycles. The highest BCUT2D eigenvalue weighted by atomic mass is 16.5. The Bertz CT molecular complexity index is 265. The van der Waals surface area contributed by atoms with Crippen LogP contribution in [-0.2, 0) is 9.53 Å². The lowest BCUT2D eigenvalue weighted by Gasteiger charge is -2.24. The van der Waals surface area contributed by atoms with Crippen LogP contribution >= 0.6 is 0 Å². The summed E-state index contributed by atoms with van der Waals surface area (Å²) in [6.45, 7) is 0.882. The number of hydrogen-bond acceptors (Lipinski definition) is 3. The minimum absolute atomic E-state index is 0.0459. The lowest BCUT2D eigenvalue weighted by molar-refractivity contribution is -0.129. The summed E-state index contributed by atoms with van der Waals surface area (Å²) in [4.78, 5) is 11.8. The predicted molar refractivity (Wildman–Crippen MR) is 71.2 cm³/mol. The number of rotatable bonds is 5. The van der Waals surface area contributed by atoms with Gasteiger partial charge >= 0.3 is 0 Å². The summed E-state index contributed by atoms with van der Waals surface area (Å²) in [7, 11) is 0. The van der Waals surface area contributed by atoms with Gasteiger partial charge < -0.3 is 15.8 Å². The van der Waals surface area contributed by atoms with E-state index in [0.717, 1.165) is 25.7 Å². The van der Waals surface area contributed by atoms with Crippen LogP contribution < -0.4 is 11.1 Å². The second-order valence-corrected chi connectivity index (χ2v) is 5.68. The van der Waals surface area contributed by atoms with Crippen molar-refractivity contribution in [2.75, 3.05) is 13.2 Å². The Morgan fingerprint density at radius 1 is 1.11 bits per heavy atom. The van der Waals surface area contributed by atoms with E-state index in [9.17, 15) is 4.79 Å². The zero-order valence-electron chi connectivity index (χ0n) is 11.2. The van der Waals surface area contributed by atoms with E-state index in [1.54, 1.807) is 0 Å². The van der Waals surface area contributed by atoms with Gasteiger partial charge in [-0.15, -0.1) is 0 Å². The minimum atomic E-state index is 0.0459. The van der Waals surface area contributed by atoms with Gasteiger partial charge in [-0.05, 0) is 38.1 Å². The second kappa shape index (κ2) is 7.10. The molecule has 0 aliphatic heterocycles. The lowest BCUT2D eigenvalue weighted by Crippen LogP contribution is -2.39. The normalized spacial score (nSPS) is 29.4. The zero-order chi connectivity index (χ0) is 12.8. The first-order valence-electron chi connectivity index (χ1n) is 7.40. The van der Waals surface area contributed by atoms with Gasteiger partial charge in [0.25, 0.3) is 0 Å². The predicted octanol–water partition coefficient (Wildman–Crippen LogP) is 1.58. The molecule has 0 bridgehead atoms. The largest absolute Gasteiger partial charge is 0.368 e. The van der Waals surface area contributed by atoms with Crippen LogP contribution in [0.2, 0.25) is 0 Å². The molecule has 3 N–H and O–H groups in total. The Kier molecular flexibility index (Phi) is 5.45. The third kappa shape index (κ3) is 3.95. The van der Waals surface area contributed by atoms with E-state index in [0.29, 0.717) is 18.5 Å². The van der Waals surface area contributed by atoms with Crippen molar-refractivity contribution in [1.29, 1.82) is 0 Å². The standard InChI is InChI=1S/C14H26N2O2/c15-9-11-5-4-8-13(11)18-10-14(17)16-12-6-2-1-3-7-12/h11-13H,1-10,15H2,(H,16,17). The van der Waals surface area contributed by atoms with Gasteiger partial charge in [0, 0.05) is 6.04 Å². The minimum Gasteiger partial charge on any atom is -0.368 e. The van der Waals surface area contributed by atoms with Crippen LogP contribution in [0.25, 0.3) is 0 Å². The van der Waals surface area contributed by atoms with E-state index >= 15 is 0 Å². The van der Waals surface area contributed by atoms with Gasteiger partial charge in [0.15, 0.2) is 0 Å². The fraction of sp³-hybridized carbons (Fsp3) is 0.929. The molecular weight excluding hydrogens is 228 g/mol. The van der Waals surface area contributed by atoms with E-state index in [1.165, 1.54) is 25.7 Å². The molecule has 0 radical (unpaired) electrons. The summed E-state index contributed by atoms with van der Waals surface area (Å²) in [6.07, 6.45) is 9.62. The van der Waals surface area contributed by atoms with E-state index in [4.69, 9.17) is 10.5 Å². The van der Waals surface area contributed by atoms with Crippen molar-refractivity contribution in [2.24, 2.45) is 11.7 Å². The molecular formula is C14H26N2O2. The Balaban J connectivity index is 1.64. The number of carbonyl (C=O) groups excluding carboxylic acids is 1. The average molecular weight is 254 g/mol. The van der Waals surface area contributed by atoms with Crippen LogP contribution in [0.1, 0.15) is 51.4 Å². The van der Waals surface area contributed by atoms with Gasteiger partial charge in [-0.1, -0.05) is 25.7 Å². The van der Waals surface area contributed by atoms with Gasteiger partial charge in [-0.3, -0.25) is 4.79 Å². The highest BCUT2D eigenvalue weighted by Crippen LogP contribution is 2.27. The van der Waals surface area contributed by atoms with E-state index in [-0.39, 0.29) is 18.6 Å². The topological polar surface area (TPSA) is 64.3 Å². The molecule has 2 saturated carbocycles. The molecule has 0 aromatic heterocycles. The summed E-state index contributed by atoms with van der Waals surface area (Å²) in [5, 5.41) is 3.08. The molecule has 1 amide bonds. The zero-order valence-corrected chi connectivity index (χ0v) is 11.2. The molecule has 0 aromatic rings. The lowest BCUT2D eigenvalue weighted by atomic mass is 9.95. The van der Waals surface area contributed by atoms with Gasteiger partial charge in [0.05, 0.1) is 6.10 Å². The second-order valence-electron chi connectivity index (χ2n) is 5.68. The van der Waals surface area contributed by atoms with Crippen LogP contribution in [0.4, 0.5) is 0 Å². The van der Waals surface area contributed by atoms with Crippen LogP contribution in [0.15, 0.2) is 0 Å². The van der Waals surface area contributed by atoms with Crippen molar-refractivity contribution in [1.82, 2.24) is 5.32 Å². The molecule has 2 aliphatic carbocycles. The quantitative estimate of drug-likeness (QED) is 0.783. The highest BCUT2D eigenvalue weighted by molar-refractivity contribution is 5.77. The summed E-state index contributed by atoms with van der Waals surface area (Å²) < 4.78 is 5.72. The molecule has 2 fully saturated rings. The Morgan fingerprint density at radius 2 is 1.89 bits per heavy atom. The van der Waals surface area contributed by atoms with Crippen molar-refractivity contribution in [2.45, 2.75) is 63.5 Å². The molecule has 2 unspecified atom stereocenters. The maximum absolute atomic E-state index is 11.8. The van der Waals surface area contributed by atoms with Crippen LogP contribution in [0.3, 0.4) is 0 Å². The molecule has 0 saturated heterocycles. The first kappa shape index (κ1) is 13.8. The van der Waals surface area contributed by atoms with E-state index in [1.807, 2.05) is 0 Å². The number of amides is 1. The van der Waals surface area contributed by atoms with E-state index < -0.39 is 0 Å². The third-order valence-corrected chi connectivity index (χ3v) is 4.29.